The molecule has 0 radical (unpaired) electrons. The molecule has 0 saturated carbocycles. The second-order valence-electron chi connectivity index (χ2n) is 6.09. The zero-order valence-electron chi connectivity index (χ0n) is 13.9. The van der Waals surface area contributed by atoms with E-state index in [2.05, 4.69) is 31.5 Å². The van der Waals surface area contributed by atoms with Gasteiger partial charge in [0.05, 0.1) is 17.1 Å². The molecule has 0 aliphatic carbocycles. The van der Waals surface area contributed by atoms with Crippen molar-refractivity contribution in [2.45, 2.75) is 32.9 Å². The molecule has 25 heavy (non-hydrogen) atoms. The van der Waals surface area contributed by atoms with Crippen LogP contribution in [0, 0.1) is 0 Å². The highest BCUT2D eigenvalue weighted by Crippen LogP contribution is 2.32. The summed E-state index contributed by atoms with van der Waals surface area (Å²) in [6, 6.07) is 7.47. The highest BCUT2D eigenvalue weighted by atomic mass is 79.9. The summed E-state index contributed by atoms with van der Waals surface area (Å²) in [7, 11) is 0. The highest BCUT2D eigenvalue weighted by Gasteiger charge is 2.19. The van der Waals surface area contributed by atoms with Gasteiger partial charge >= 0.3 is 12.2 Å². The van der Waals surface area contributed by atoms with Gasteiger partial charge in [-0.25, -0.2) is 14.6 Å². The van der Waals surface area contributed by atoms with Gasteiger partial charge in [0, 0.05) is 10.0 Å². The Hall–Kier alpha value is -2.13. The number of ether oxygens (including phenoxy) is 1. The summed E-state index contributed by atoms with van der Waals surface area (Å²) in [5, 5.41) is 14.1. The van der Waals surface area contributed by atoms with Crippen LogP contribution in [0.5, 0.6) is 0 Å². The minimum Gasteiger partial charge on any atom is -0.465 e. The van der Waals surface area contributed by atoms with Crippen LogP contribution in [0.25, 0.3) is 11.3 Å². The number of nitrogens with zero attached hydrogens (tertiary/aromatic N) is 1. The summed E-state index contributed by atoms with van der Waals surface area (Å²) < 4.78 is 6.09. The van der Waals surface area contributed by atoms with Crippen LogP contribution in [-0.2, 0) is 11.3 Å². The number of carbonyl (C=O) groups excluding carboxylic acids is 1. The summed E-state index contributed by atoms with van der Waals surface area (Å²) in [5.74, 6) is 0. The van der Waals surface area contributed by atoms with E-state index in [-0.39, 0.29) is 6.54 Å². The molecular formula is C16H18BrN3O4S. The first-order valence-corrected chi connectivity index (χ1v) is 8.97. The van der Waals surface area contributed by atoms with E-state index in [1.54, 1.807) is 20.8 Å². The Morgan fingerprint density at radius 3 is 2.68 bits per heavy atom. The number of anilines is 1. The van der Waals surface area contributed by atoms with Gasteiger partial charge in [0.15, 0.2) is 5.13 Å². The van der Waals surface area contributed by atoms with Crippen LogP contribution >= 0.6 is 27.3 Å². The number of thiazole rings is 1. The number of benzene rings is 1. The number of halogens is 1. The summed E-state index contributed by atoms with van der Waals surface area (Å²) in [6.07, 6.45) is -1.74. The number of aromatic nitrogens is 1. The van der Waals surface area contributed by atoms with E-state index in [0.29, 0.717) is 15.7 Å². The summed E-state index contributed by atoms with van der Waals surface area (Å²) >= 11 is 4.59. The van der Waals surface area contributed by atoms with Crippen molar-refractivity contribution in [2.75, 3.05) is 5.32 Å². The van der Waals surface area contributed by atoms with Crippen molar-refractivity contribution in [1.29, 1.82) is 0 Å². The van der Waals surface area contributed by atoms with Crippen LogP contribution in [0.4, 0.5) is 14.7 Å². The van der Waals surface area contributed by atoms with Crippen molar-refractivity contribution in [1.82, 2.24) is 10.3 Å². The van der Waals surface area contributed by atoms with E-state index in [0.717, 1.165) is 10.0 Å². The second-order valence-corrected chi connectivity index (χ2v) is 8.09. The zero-order valence-corrected chi connectivity index (χ0v) is 16.3. The van der Waals surface area contributed by atoms with Gasteiger partial charge in [0.1, 0.15) is 5.60 Å². The number of carbonyl (C=O) groups is 2. The molecule has 0 bridgehead atoms. The van der Waals surface area contributed by atoms with Crippen molar-refractivity contribution in [3.63, 3.8) is 0 Å². The van der Waals surface area contributed by atoms with Crippen molar-refractivity contribution >= 4 is 44.6 Å². The minimum atomic E-state index is -1.13. The molecule has 0 unspecified atom stereocenters. The molecule has 7 nitrogen and oxygen atoms in total. The van der Waals surface area contributed by atoms with E-state index in [1.165, 1.54) is 11.3 Å². The van der Waals surface area contributed by atoms with Gasteiger partial charge in [-0.15, -0.1) is 0 Å². The predicted octanol–water partition coefficient (Wildman–Crippen LogP) is 4.69. The third kappa shape index (κ3) is 6.02. The van der Waals surface area contributed by atoms with Crippen LogP contribution in [-0.4, -0.2) is 27.9 Å². The maximum absolute atomic E-state index is 11.9. The number of carboxylic acid groups (broad SMARTS) is 1. The van der Waals surface area contributed by atoms with E-state index >= 15 is 0 Å². The Morgan fingerprint density at radius 1 is 1.36 bits per heavy atom. The SMILES string of the molecule is CC(C)(C)OC(=O)Nc1nc(-c2cccc(Br)c2)c(CNC(=O)O)s1. The van der Waals surface area contributed by atoms with E-state index in [1.807, 2.05) is 24.3 Å². The maximum Gasteiger partial charge on any atom is 0.413 e. The van der Waals surface area contributed by atoms with Crippen LogP contribution in [0.1, 0.15) is 25.6 Å². The number of amides is 2. The minimum absolute atomic E-state index is 0.0881. The van der Waals surface area contributed by atoms with Crippen LogP contribution < -0.4 is 10.6 Å². The summed E-state index contributed by atoms with van der Waals surface area (Å²) in [6.45, 7) is 5.39. The number of nitrogens with one attached hydrogen (secondary N) is 2. The summed E-state index contributed by atoms with van der Waals surface area (Å²) in [5.41, 5.74) is 0.790. The molecule has 2 aromatic rings. The van der Waals surface area contributed by atoms with E-state index in [9.17, 15) is 9.59 Å². The molecule has 134 valence electrons. The Labute approximate surface area is 157 Å². The highest BCUT2D eigenvalue weighted by molar-refractivity contribution is 9.10. The molecule has 0 fully saturated rings. The van der Waals surface area contributed by atoms with E-state index < -0.39 is 17.8 Å². The van der Waals surface area contributed by atoms with Crippen LogP contribution in [0.3, 0.4) is 0 Å². The average molecular weight is 428 g/mol. The average Bonchev–Trinajstić information content (AvgIpc) is 2.85. The first kappa shape index (κ1) is 19.2. The van der Waals surface area contributed by atoms with Gasteiger partial charge < -0.3 is 15.2 Å². The molecule has 1 aromatic heterocycles. The number of hydrogen-bond donors (Lipinski definition) is 3. The predicted molar refractivity (Wildman–Crippen MR) is 100.0 cm³/mol. The normalized spacial score (nSPS) is 11.0. The number of hydrogen-bond acceptors (Lipinski definition) is 5. The fourth-order valence-electron chi connectivity index (χ4n) is 1.93. The lowest BCUT2D eigenvalue weighted by Crippen LogP contribution is -2.27. The molecule has 1 aromatic carbocycles. The Bertz CT molecular complexity index is 786. The molecule has 3 N–H and O–H groups in total. The molecule has 2 rings (SSSR count). The largest absolute Gasteiger partial charge is 0.465 e. The van der Waals surface area contributed by atoms with Crippen molar-refractivity contribution < 1.29 is 19.4 Å². The molecule has 2 amide bonds. The standard InChI is InChI=1S/C16H18BrN3O4S/c1-16(2,3)24-15(23)20-13-19-12(9-5-4-6-10(17)7-9)11(25-13)8-18-14(21)22/h4-7,18H,8H2,1-3H3,(H,21,22)(H,19,20,23). The fourth-order valence-corrected chi connectivity index (χ4v) is 3.24. The molecule has 0 saturated heterocycles. The number of rotatable bonds is 4. The molecular weight excluding hydrogens is 410 g/mol. The van der Waals surface area contributed by atoms with Gasteiger partial charge in [-0.1, -0.05) is 39.4 Å². The monoisotopic (exact) mass is 427 g/mol. The second kappa shape index (κ2) is 7.83. The van der Waals surface area contributed by atoms with Crippen LogP contribution in [0.15, 0.2) is 28.7 Å². The van der Waals surface area contributed by atoms with Gasteiger partial charge in [-0.2, -0.15) is 0 Å². The molecule has 0 aliphatic rings. The molecule has 9 heteroatoms. The molecule has 0 spiro atoms. The van der Waals surface area contributed by atoms with Crippen molar-refractivity contribution in [2.24, 2.45) is 0 Å². The first-order chi connectivity index (χ1) is 11.6. The fraction of sp³-hybridized carbons (Fsp3) is 0.312. The smallest absolute Gasteiger partial charge is 0.413 e. The lowest BCUT2D eigenvalue weighted by molar-refractivity contribution is 0.0636. The van der Waals surface area contributed by atoms with Gasteiger partial charge in [0.2, 0.25) is 0 Å². The zero-order chi connectivity index (χ0) is 18.6. The maximum atomic E-state index is 11.9. The van der Waals surface area contributed by atoms with Gasteiger partial charge in [-0.3, -0.25) is 5.32 Å². The lowest BCUT2D eigenvalue weighted by Gasteiger charge is -2.18. The third-order valence-corrected chi connectivity index (χ3v) is 4.27. The first-order valence-electron chi connectivity index (χ1n) is 7.36. The molecule has 1 heterocycles. The van der Waals surface area contributed by atoms with Crippen molar-refractivity contribution in [3.05, 3.63) is 33.6 Å². The van der Waals surface area contributed by atoms with Crippen molar-refractivity contribution in [3.8, 4) is 11.3 Å². The Kier molecular flexibility index (Phi) is 6.02. The summed E-state index contributed by atoms with van der Waals surface area (Å²) in [4.78, 5) is 27.8. The van der Waals surface area contributed by atoms with Gasteiger partial charge in [-0.05, 0) is 32.9 Å². The third-order valence-electron chi connectivity index (χ3n) is 2.80. The topological polar surface area (TPSA) is 101 Å². The van der Waals surface area contributed by atoms with Crippen LogP contribution in [0.2, 0.25) is 0 Å². The Balaban J connectivity index is 2.29. The molecule has 0 aliphatic heterocycles. The quantitative estimate of drug-likeness (QED) is 0.656. The van der Waals surface area contributed by atoms with E-state index in [4.69, 9.17) is 9.84 Å². The molecule has 0 atom stereocenters. The lowest BCUT2D eigenvalue weighted by atomic mass is 10.1. The Morgan fingerprint density at radius 2 is 2.08 bits per heavy atom. The van der Waals surface area contributed by atoms with Gasteiger partial charge in [0.25, 0.3) is 0 Å².